The Kier molecular flexibility index (Phi) is 2.43. The fraction of sp³-hybridized carbons (Fsp3) is 0.0588. The van der Waals surface area contributed by atoms with Crippen molar-refractivity contribution < 1.29 is 8.85 Å². The maximum absolute atomic E-state index is 12.8. The average molecular weight is 329 g/mol. The van der Waals surface area contributed by atoms with Crippen LogP contribution in [0.3, 0.4) is 0 Å². The Morgan fingerprint density at radius 1 is 1.26 bits per heavy atom. The number of H-pyrrole nitrogens is 1. The third-order valence-electron chi connectivity index (χ3n) is 3.70. The fourth-order valence-corrected chi connectivity index (χ4v) is 2.80. The second-order valence-electron chi connectivity index (χ2n) is 5.03. The van der Waals surface area contributed by atoms with E-state index in [4.69, 9.17) is 20.5 Å². The molecule has 0 aliphatic carbocycles. The highest BCUT2D eigenvalue weighted by Crippen LogP contribution is 2.26. The molecular formula is C17H12ClN3O2. The van der Waals surface area contributed by atoms with Crippen LogP contribution < -0.4 is 10.3 Å². The molecule has 0 aliphatic rings. The van der Waals surface area contributed by atoms with Gasteiger partial charge in [-0.25, -0.2) is 4.68 Å². The summed E-state index contributed by atoms with van der Waals surface area (Å²) < 4.78 is 28.2. The maximum atomic E-state index is 12.8. The summed E-state index contributed by atoms with van der Waals surface area (Å²) in [6, 6.07) is 11.6. The van der Waals surface area contributed by atoms with E-state index < -0.39 is 7.04 Å². The zero-order valence-corrected chi connectivity index (χ0v) is 12.5. The summed E-state index contributed by atoms with van der Waals surface area (Å²) in [6.45, 7) is 0. The molecule has 0 saturated heterocycles. The summed E-state index contributed by atoms with van der Waals surface area (Å²) in [5, 5.41) is 4.60. The highest BCUT2D eigenvalue weighted by Gasteiger charge is 2.14. The molecule has 5 nitrogen and oxygen atoms in total. The van der Waals surface area contributed by atoms with Crippen molar-refractivity contribution in [1.82, 2.24) is 14.8 Å². The summed E-state index contributed by atoms with van der Waals surface area (Å²) in [7, 11) is -2.63. The van der Waals surface area contributed by atoms with Crippen LogP contribution in [-0.2, 0) is 0 Å². The van der Waals surface area contributed by atoms with Crippen LogP contribution in [0.4, 0.5) is 0 Å². The maximum Gasteiger partial charge on any atom is 0.280 e. The molecule has 0 saturated carbocycles. The van der Waals surface area contributed by atoms with Crippen LogP contribution in [0.5, 0.6) is 5.75 Å². The van der Waals surface area contributed by atoms with Crippen LogP contribution in [-0.4, -0.2) is 21.8 Å². The molecule has 23 heavy (non-hydrogen) atoms. The Morgan fingerprint density at radius 3 is 3.00 bits per heavy atom. The number of nitrogens with one attached hydrogen (secondary N) is 1. The summed E-state index contributed by atoms with van der Waals surface area (Å²) >= 11 is 6.07. The Morgan fingerprint density at radius 2 is 2.13 bits per heavy atom. The molecule has 0 bridgehead atoms. The minimum atomic E-state index is -2.63. The Balaban J connectivity index is 1.99. The number of hydrogen-bond acceptors (Lipinski definition) is 3. The van der Waals surface area contributed by atoms with Crippen LogP contribution in [0.2, 0.25) is 5.02 Å². The topological polar surface area (TPSA) is 59.9 Å². The first kappa shape index (κ1) is 10.9. The number of para-hydroxylation sites is 2. The van der Waals surface area contributed by atoms with Gasteiger partial charge in [0.1, 0.15) is 11.4 Å². The minimum Gasteiger partial charge on any atom is -0.494 e. The second kappa shape index (κ2) is 5.14. The van der Waals surface area contributed by atoms with E-state index in [2.05, 4.69) is 10.1 Å². The number of ether oxygens (including phenoxy) is 1. The predicted molar refractivity (Wildman–Crippen MR) is 90.8 cm³/mol. The van der Waals surface area contributed by atoms with E-state index in [-0.39, 0.29) is 11.3 Å². The van der Waals surface area contributed by atoms with E-state index in [1.165, 1.54) is 16.9 Å². The Hall–Kier alpha value is -2.79. The standard InChI is InChI=1S/C17H12ClN3O2/c1-23-15-5-3-2-4-14(15)21-17(22)12-9-19-13-7-6-10(18)8-11(13)16(12)20-21/h2-9,20H,1H3/i1D3. The summed E-state index contributed by atoms with van der Waals surface area (Å²) in [5.41, 5.74) is 1.17. The molecule has 4 rings (SSSR count). The summed E-state index contributed by atoms with van der Waals surface area (Å²) in [5.74, 6) is 0.0662. The first-order valence-electron chi connectivity index (χ1n) is 8.31. The third-order valence-corrected chi connectivity index (χ3v) is 3.94. The first-order chi connectivity index (χ1) is 12.3. The lowest BCUT2D eigenvalue weighted by Gasteiger charge is -2.07. The van der Waals surface area contributed by atoms with Crippen molar-refractivity contribution in [2.75, 3.05) is 7.04 Å². The second-order valence-corrected chi connectivity index (χ2v) is 5.47. The molecule has 0 spiro atoms. The molecule has 1 N–H and O–H groups in total. The molecule has 2 aromatic carbocycles. The molecule has 6 heteroatoms. The van der Waals surface area contributed by atoms with Gasteiger partial charge in [0.05, 0.1) is 27.6 Å². The van der Waals surface area contributed by atoms with Gasteiger partial charge in [-0.05, 0) is 30.3 Å². The Labute approximate surface area is 140 Å². The van der Waals surface area contributed by atoms with E-state index in [0.29, 0.717) is 32.5 Å². The number of rotatable bonds is 2. The number of benzene rings is 2. The molecule has 0 atom stereocenters. The zero-order chi connectivity index (χ0) is 18.5. The number of methoxy groups -OCH3 is 1. The van der Waals surface area contributed by atoms with Gasteiger partial charge in [-0.3, -0.25) is 14.9 Å². The highest BCUT2D eigenvalue weighted by molar-refractivity contribution is 6.31. The van der Waals surface area contributed by atoms with E-state index >= 15 is 0 Å². The molecule has 0 radical (unpaired) electrons. The van der Waals surface area contributed by atoms with Gasteiger partial charge in [0.2, 0.25) is 0 Å². The van der Waals surface area contributed by atoms with Crippen molar-refractivity contribution in [3.05, 3.63) is 64.0 Å². The highest BCUT2D eigenvalue weighted by atomic mass is 35.5. The number of aromatic amines is 1. The van der Waals surface area contributed by atoms with E-state index in [1.807, 2.05) is 0 Å². The van der Waals surface area contributed by atoms with Crippen LogP contribution in [0.25, 0.3) is 27.5 Å². The van der Waals surface area contributed by atoms with Crippen LogP contribution in [0.15, 0.2) is 53.5 Å². The van der Waals surface area contributed by atoms with Crippen molar-refractivity contribution in [3.8, 4) is 11.4 Å². The lowest BCUT2D eigenvalue weighted by Crippen LogP contribution is -2.15. The van der Waals surface area contributed by atoms with Gasteiger partial charge < -0.3 is 4.74 Å². The summed E-state index contributed by atoms with van der Waals surface area (Å²) in [4.78, 5) is 17.1. The van der Waals surface area contributed by atoms with Crippen LogP contribution >= 0.6 is 11.6 Å². The molecule has 0 fully saturated rings. The fourth-order valence-electron chi connectivity index (χ4n) is 2.63. The minimum absolute atomic E-state index is 0.0662. The van der Waals surface area contributed by atoms with Gasteiger partial charge >= 0.3 is 0 Å². The van der Waals surface area contributed by atoms with Crippen molar-refractivity contribution in [2.45, 2.75) is 0 Å². The van der Waals surface area contributed by atoms with E-state index in [0.717, 1.165) is 0 Å². The van der Waals surface area contributed by atoms with Gasteiger partial charge in [-0.1, -0.05) is 23.7 Å². The number of fused-ring (bicyclic) bond motifs is 3. The van der Waals surface area contributed by atoms with Crippen LogP contribution in [0.1, 0.15) is 4.11 Å². The van der Waals surface area contributed by atoms with Crippen molar-refractivity contribution in [3.63, 3.8) is 0 Å². The summed E-state index contributed by atoms with van der Waals surface area (Å²) in [6.07, 6.45) is 1.48. The quantitative estimate of drug-likeness (QED) is 0.612. The smallest absolute Gasteiger partial charge is 0.280 e. The van der Waals surface area contributed by atoms with Crippen molar-refractivity contribution in [1.29, 1.82) is 0 Å². The van der Waals surface area contributed by atoms with Gasteiger partial charge in [-0.15, -0.1) is 0 Å². The molecule has 0 unspecified atom stereocenters. The molecule has 2 aromatic heterocycles. The van der Waals surface area contributed by atoms with Gasteiger partial charge in [0, 0.05) is 16.6 Å². The SMILES string of the molecule is [2H]C([2H])([2H])Oc1ccccc1-n1[nH]c2c(cnc3ccc(Cl)cc32)c1=O. The van der Waals surface area contributed by atoms with E-state index in [9.17, 15) is 4.79 Å². The first-order valence-corrected chi connectivity index (χ1v) is 7.19. The van der Waals surface area contributed by atoms with Crippen molar-refractivity contribution in [2.24, 2.45) is 0 Å². The third kappa shape index (κ3) is 2.09. The number of halogens is 1. The lowest BCUT2D eigenvalue weighted by molar-refractivity contribution is 0.411. The van der Waals surface area contributed by atoms with Crippen molar-refractivity contribution >= 4 is 33.4 Å². The number of pyridine rings is 1. The number of aromatic nitrogens is 3. The largest absolute Gasteiger partial charge is 0.494 e. The van der Waals surface area contributed by atoms with Crippen LogP contribution in [0, 0.1) is 0 Å². The number of nitrogens with zero attached hydrogens (tertiary/aromatic N) is 2. The molecule has 2 heterocycles. The predicted octanol–water partition coefficient (Wildman–Crippen LogP) is 3.53. The molecule has 0 aliphatic heterocycles. The van der Waals surface area contributed by atoms with Gasteiger partial charge in [-0.2, -0.15) is 0 Å². The van der Waals surface area contributed by atoms with E-state index in [1.54, 1.807) is 36.4 Å². The normalized spacial score (nSPS) is 13.7. The zero-order valence-electron chi connectivity index (χ0n) is 14.7. The monoisotopic (exact) mass is 328 g/mol. The molecule has 4 aromatic rings. The average Bonchev–Trinajstić information content (AvgIpc) is 2.91. The molecular weight excluding hydrogens is 314 g/mol. The molecule has 0 amide bonds. The lowest BCUT2D eigenvalue weighted by atomic mass is 10.2. The van der Waals surface area contributed by atoms with Gasteiger partial charge in [0.15, 0.2) is 0 Å². The number of hydrogen-bond donors (Lipinski definition) is 1. The molecule has 114 valence electrons. The van der Waals surface area contributed by atoms with Gasteiger partial charge in [0.25, 0.3) is 5.56 Å². The Bertz CT molecular complexity index is 1200.